The SMILES string of the molecule is COc1ccc(C2CCN(C(=NCC3CCS(=O)(=O)C3)NC3CC3)C2)cc1. The molecular weight excluding hydrogens is 362 g/mol. The van der Waals surface area contributed by atoms with E-state index in [4.69, 9.17) is 9.73 Å². The van der Waals surface area contributed by atoms with Gasteiger partial charge in [0.25, 0.3) is 0 Å². The maximum absolute atomic E-state index is 11.7. The van der Waals surface area contributed by atoms with E-state index in [1.54, 1.807) is 7.11 Å². The number of nitrogens with zero attached hydrogens (tertiary/aromatic N) is 2. The van der Waals surface area contributed by atoms with Crippen LogP contribution in [0.5, 0.6) is 5.75 Å². The summed E-state index contributed by atoms with van der Waals surface area (Å²) in [6.07, 6.45) is 4.26. The fourth-order valence-corrected chi connectivity index (χ4v) is 5.83. The summed E-state index contributed by atoms with van der Waals surface area (Å²) in [5.74, 6) is 3.14. The van der Waals surface area contributed by atoms with Crippen LogP contribution in [0.3, 0.4) is 0 Å². The van der Waals surface area contributed by atoms with Gasteiger partial charge >= 0.3 is 0 Å². The Hall–Kier alpha value is -1.76. The van der Waals surface area contributed by atoms with Gasteiger partial charge in [-0.1, -0.05) is 12.1 Å². The zero-order valence-electron chi connectivity index (χ0n) is 15.9. The first-order valence-electron chi connectivity index (χ1n) is 9.93. The monoisotopic (exact) mass is 391 g/mol. The summed E-state index contributed by atoms with van der Waals surface area (Å²) in [5, 5.41) is 3.57. The molecule has 1 aliphatic carbocycles. The van der Waals surface area contributed by atoms with Crippen LogP contribution in [0.15, 0.2) is 29.3 Å². The van der Waals surface area contributed by atoms with Crippen molar-refractivity contribution in [1.29, 1.82) is 0 Å². The normalized spacial score (nSPS) is 27.7. The van der Waals surface area contributed by atoms with Gasteiger partial charge in [0.05, 0.1) is 18.6 Å². The van der Waals surface area contributed by atoms with E-state index in [-0.39, 0.29) is 5.92 Å². The van der Waals surface area contributed by atoms with E-state index in [9.17, 15) is 8.42 Å². The first-order chi connectivity index (χ1) is 13.0. The Labute approximate surface area is 161 Å². The number of rotatable bonds is 5. The number of hydrogen-bond acceptors (Lipinski definition) is 4. The minimum Gasteiger partial charge on any atom is -0.497 e. The molecule has 2 saturated heterocycles. The van der Waals surface area contributed by atoms with Crippen molar-refractivity contribution in [3.05, 3.63) is 29.8 Å². The molecule has 1 aromatic carbocycles. The maximum Gasteiger partial charge on any atom is 0.194 e. The van der Waals surface area contributed by atoms with Crippen molar-refractivity contribution in [2.45, 2.75) is 37.6 Å². The van der Waals surface area contributed by atoms with Crippen molar-refractivity contribution < 1.29 is 13.2 Å². The third kappa shape index (κ3) is 4.75. The van der Waals surface area contributed by atoms with Gasteiger partial charge in [-0.05, 0) is 49.3 Å². The number of ether oxygens (including phenoxy) is 1. The summed E-state index contributed by atoms with van der Waals surface area (Å²) in [4.78, 5) is 7.18. The molecule has 1 N–H and O–H groups in total. The van der Waals surface area contributed by atoms with Crippen molar-refractivity contribution in [2.75, 3.05) is 38.2 Å². The Kier molecular flexibility index (Phi) is 5.30. The van der Waals surface area contributed by atoms with E-state index >= 15 is 0 Å². The lowest BCUT2D eigenvalue weighted by Crippen LogP contribution is -2.41. The van der Waals surface area contributed by atoms with Gasteiger partial charge in [0.1, 0.15) is 5.75 Å². The van der Waals surface area contributed by atoms with E-state index < -0.39 is 9.84 Å². The molecule has 6 nitrogen and oxygen atoms in total. The van der Waals surface area contributed by atoms with Crippen LogP contribution < -0.4 is 10.1 Å². The lowest BCUT2D eigenvalue weighted by molar-refractivity contribution is 0.414. The number of sulfone groups is 1. The summed E-state index contributed by atoms with van der Waals surface area (Å²) in [6.45, 7) is 2.55. The van der Waals surface area contributed by atoms with Crippen LogP contribution in [0.4, 0.5) is 0 Å². The lowest BCUT2D eigenvalue weighted by Gasteiger charge is -2.23. The third-order valence-corrected chi connectivity index (χ3v) is 7.65. The second-order valence-electron chi connectivity index (χ2n) is 8.06. The minimum atomic E-state index is -2.84. The molecule has 2 aliphatic heterocycles. The topological polar surface area (TPSA) is 71.0 Å². The zero-order chi connectivity index (χ0) is 18.9. The first kappa shape index (κ1) is 18.6. The van der Waals surface area contributed by atoms with E-state index in [1.165, 1.54) is 18.4 Å². The first-order valence-corrected chi connectivity index (χ1v) is 11.7. The van der Waals surface area contributed by atoms with Crippen LogP contribution in [-0.4, -0.2) is 63.6 Å². The van der Waals surface area contributed by atoms with Gasteiger partial charge in [0.15, 0.2) is 15.8 Å². The molecule has 3 fully saturated rings. The van der Waals surface area contributed by atoms with Gasteiger partial charge in [-0.3, -0.25) is 4.99 Å². The highest BCUT2D eigenvalue weighted by molar-refractivity contribution is 7.91. The highest BCUT2D eigenvalue weighted by atomic mass is 32.2. The van der Waals surface area contributed by atoms with Gasteiger partial charge in [-0.25, -0.2) is 8.42 Å². The molecule has 0 amide bonds. The Morgan fingerprint density at radius 1 is 1.22 bits per heavy atom. The van der Waals surface area contributed by atoms with Crippen LogP contribution in [0.2, 0.25) is 0 Å². The van der Waals surface area contributed by atoms with E-state index in [0.717, 1.165) is 37.6 Å². The molecule has 0 bridgehead atoms. The molecular formula is C20H29N3O3S. The van der Waals surface area contributed by atoms with Crippen LogP contribution >= 0.6 is 0 Å². The Bertz CT molecular complexity index is 787. The molecule has 148 valence electrons. The maximum atomic E-state index is 11.7. The van der Waals surface area contributed by atoms with Crippen molar-refractivity contribution >= 4 is 15.8 Å². The highest BCUT2D eigenvalue weighted by Crippen LogP contribution is 2.29. The minimum absolute atomic E-state index is 0.172. The molecule has 7 heteroatoms. The number of aliphatic imine (C=N–C) groups is 1. The van der Waals surface area contributed by atoms with Gasteiger partial charge in [0, 0.05) is 31.6 Å². The highest BCUT2D eigenvalue weighted by Gasteiger charge is 2.31. The fourth-order valence-electron chi connectivity index (χ4n) is 3.98. The molecule has 2 atom stereocenters. The van der Waals surface area contributed by atoms with Gasteiger partial charge in [-0.15, -0.1) is 0 Å². The summed E-state index contributed by atoms with van der Waals surface area (Å²) < 4.78 is 28.6. The van der Waals surface area contributed by atoms with E-state index in [0.29, 0.717) is 30.0 Å². The molecule has 27 heavy (non-hydrogen) atoms. The average molecular weight is 392 g/mol. The largest absolute Gasteiger partial charge is 0.497 e. The number of benzene rings is 1. The summed E-state index contributed by atoms with van der Waals surface area (Å²) in [7, 11) is -1.15. The summed E-state index contributed by atoms with van der Waals surface area (Å²) >= 11 is 0. The molecule has 0 spiro atoms. The number of likely N-dealkylation sites (tertiary alicyclic amines) is 1. The van der Waals surface area contributed by atoms with E-state index in [2.05, 4.69) is 22.3 Å². The van der Waals surface area contributed by atoms with Crippen molar-refractivity contribution in [3.63, 3.8) is 0 Å². The predicted octanol–water partition coefficient (Wildman–Crippen LogP) is 2.03. The molecule has 1 saturated carbocycles. The molecule has 2 unspecified atom stereocenters. The standard InChI is InChI=1S/C20H29N3O3S/c1-26-19-6-2-16(3-7-19)17-8-10-23(13-17)20(22-18-4-5-18)21-12-15-9-11-27(24,25)14-15/h2-3,6-7,15,17-18H,4-5,8-14H2,1H3,(H,21,22). The van der Waals surface area contributed by atoms with Gasteiger partial charge in [0.2, 0.25) is 0 Å². The third-order valence-electron chi connectivity index (χ3n) is 5.81. The smallest absolute Gasteiger partial charge is 0.194 e. The van der Waals surface area contributed by atoms with Crippen molar-refractivity contribution in [1.82, 2.24) is 10.2 Å². The summed E-state index contributed by atoms with van der Waals surface area (Å²) in [5.41, 5.74) is 1.34. The average Bonchev–Trinajstić information content (AvgIpc) is 3.22. The quantitative estimate of drug-likeness (QED) is 0.614. The van der Waals surface area contributed by atoms with Gasteiger partial charge < -0.3 is 15.0 Å². The van der Waals surface area contributed by atoms with Crippen LogP contribution in [0.1, 0.15) is 37.2 Å². The zero-order valence-corrected chi connectivity index (χ0v) is 16.7. The lowest BCUT2D eigenvalue weighted by atomic mass is 9.98. The number of guanidine groups is 1. The number of methoxy groups -OCH3 is 1. The van der Waals surface area contributed by atoms with Crippen molar-refractivity contribution in [2.24, 2.45) is 10.9 Å². The molecule has 2 heterocycles. The second-order valence-corrected chi connectivity index (χ2v) is 10.3. The van der Waals surface area contributed by atoms with Crippen molar-refractivity contribution in [3.8, 4) is 5.75 Å². The van der Waals surface area contributed by atoms with Crippen LogP contribution in [0, 0.1) is 5.92 Å². The Balaban J connectivity index is 1.40. The number of nitrogens with one attached hydrogen (secondary N) is 1. The van der Waals surface area contributed by atoms with Gasteiger partial charge in [-0.2, -0.15) is 0 Å². The molecule has 3 aliphatic rings. The predicted molar refractivity (Wildman–Crippen MR) is 107 cm³/mol. The molecule has 4 rings (SSSR count). The fraction of sp³-hybridized carbons (Fsp3) is 0.650. The van der Waals surface area contributed by atoms with E-state index in [1.807, 2.05) is 12.1 Å². The van der Waals surface area contributed by atoms with Crippen LogP contribution in [-0.2, 0) is 9.84 Å². The second kappa shape index (κ2) is 7.70. The Morgan fingerprint density at radius 3 is 2.63 bits per heavy atom. The summed E-state index contributed by atoms with van der Waals surface area (Å²) in [6, 6.07) is 8.89. The molecule has 0 aromatic heterocycles. The number of hydrogen-bond donors (Lipinski definition) is 1. The molecule has 0 radical (unpaired) electrons. The molecule has 1 aromatic rings. The Morgan fingerprint density at radius 2 is 2.00 bits per heavy atom. The van der Waals surface area contributed by atoms with Crippen LogP contribution in [0.25, 0.3) is 0 Å².